The highest BCUT2D eigenvalue weighted by atomic mass is 16.7. The molecule has 1 saturated heterocycles. The van der Waals surface area contributed by atoms with Gasteiger partial charge in [0.2, 0.25) is 0 Å². The minimum atomic E-state index is -1.79. The molecule has 0 amide bonds. The molecule has 0 unspecified atom stereocenters. The van der Waals surface area contributed by atoms with Gasteiger partial charge in [0, 0.05) is 0 Å². The third-order valence-corrected chi connectivity index (χ3v) is 3.19. The highest BCUT2D eigenvalue weighted by molar-refractivity contribution is 5.57. The van der Waals surface area contributed by atoms with Crippen LogP contribution >= 0.6 is 0 Å². The predicted octanol–water partition coefficient (Wildman–Crippen LogP) is -4.92. The predicted molar refractivity (Wildman–Crippen MR) is 63.8 cm³/mol. The van der Waals surface area contributed by atoms with Gasteiger partial charge in [0.05, 0.1) is 13.2 Å². The molecule has 1 heterocycles. The summed E-state index contributed by atoms with van der Waals surface area (Å²) in [7, 11) is 0. The van der Waals surface area contributed by atoms with Gasteiger partial charge in [-0.1, -0.05) is 0 Å². The number of carbonyl (C=O) groups is 1. The van der Waals surface area contributed by atoms with Crippen molar-refractivity contribution in [3.63, 3.8) is 0 Å². The number of carbonyl (C=O) groups excluding carboxylic acids is 1. The molecule has 0 aromatic carbocycles. The van der Waals surface area contributed by atoms with Gasteiger partial charge in [-0.05, 0) is 0 Å². The average Bonchev–Trinajstić information content (AvgIpc) is 2.50. The monoisotopic (exact) mass is 312 g/mol. The Balaban J connectivity index is 2.76. The first kappa shape index (κ1) is 18.4. The van der Waals surface area contributed by atoms with E-state index in [1.165, 1.54) is 0 Å². The van der Waals surface area contributed by atoms with Gasteiger partial charge in [0.1, 0.15) is 42.7 Å². The molecular formula is C11H20O10. The second kappa shape index (κ2) is 8.08. The maximum absolute atomic E-state index is 10.9. The minimum absolute atomic E-state index is 0.116. The first-order valence-electron chi connectivity index (χ1n) is 6.25. The fourth-order valence-corrected chi connectivity index (χ4v) is 1.85. The van der Waals surface area contributed by atoms with Crippen molar-refractivity contribution in [2.24, 2.45) is 0 Å². The highest BCUT2D eigenvalue weighted by Crippen LogP contribution is 2.23. The van der Waals surface area contributed by atoms with E-state index < -0.39 is 62.2 Å². The van der Waals surface area contributed by atoms with Crippen LogP contribution in [0.3, 0.4) is 0 Å². The lowest BCUT2D eigenvalue weighted by Crippen LogP contribution is -2.60. The molecule has 10 nitrogen and oxygen atoms in total. The normalized spacial score (nSPS) is 37.8. The molecule has 10 heteroatoms. The van der Waals surface area contributed by atoms with E-state index in [0.717, 1.165) is 0 Å². The molecular weight excluding hydrogens is 292 g/mol. The van der Waals surface area contributed by atoms with Gasteiger partial charge in [0.25, 0.3) is 0 Å². The van der Waals surface area contributed by atoms with Crippen LogP contribution in [0.15, 0.2) is 0 Å². The molecule has 0 radical (unpaired) electrons. The highest BCUT2D eigenvalue weighted by Gasteiger charge is 2.45. The second-order valence-electron chi connectivity index (χ2n) is 4.67. The quantitative estimate of drug-likeness (QED) is 0.225. The number of hydrogen-bond donors (Lipinski definition) is 7. The van der Waals surface area contributed by atoms with Crippen LogP contribution in [0.25, 0.3) is 0 Å². The van der Waals surface area contributed by atoms with E-state index in [2.05, 4.69) is 0 Å². The van der Waals surface area contributed by atoms with Gasteiger partial charge in [-0.15, -0.1) is 0 Å². The van der Waals surface area contributed by atoms with Crippen molar-refractivity contribution in [3.8, 4) is 0 Å². The first-order chi connectivity index (χ1) is 9.87. The summed E-state index contributed by atoms with van der Waals surface area (Å²) in [6, 6.07) is 0. The summed E-state index contributed by atoms with van der Waals surface area (Å²) in [4.78, 5) is 10.9. The lowest BCUT2D eigenvalue weighted by Gasteiger charge is -2.40. The zero-order valence-corrected chi connectivity index (χ0v) is 11.0. The van der Waals surface area contributed by atoms with Crippen LogP contribution < -0.4 is 0 Å². The lowest BCUT2D eigenvalue weighted by molar-refractivity contribution is -0.314. The van der Waals surface area contributed by atoms with Crippen molar-refractivity contribution in [3.05, 3.63) is 0 Å². The standard InChI is InChI=1S/C11H20O10/c12-1-4(15)7(16)5(2-13)20-11-10(19)9(18)8(17)6(3-14)21-11/h2,4-12,14-19H,1,3H2/t4-,5-,6-,7-,8+,9+,10-,11-/m1/s1. The van der Waals surface area contributed by atoms with Gasteiger partial charge in [-0.2, -0.15) is 0 Å². The Morgan fingerprint density at radius 3 is 2.19 bits per heavy atom. The van der Waals surface area contributed by atoms with E-state index in [1.807, 2.05) is 0 Å². The van der Waals surface area contributed by atoms with Crippen molar-refractivity contribution in [2.75, 3.05) is 13.2 Å². The van der Waals surface area contributed by atoms with Crippen molar-refractivity contribution < 1.29 is 50.0 Å². The third-order valence-electron chi connectivity index (χ3n) is 3.19. The molecule has 1 aliphatic heterocycles. The van der Waals surface area contributed by atoms with Crippen LogP contribution in [0.1, 0.15) is 0 Å². The summed E-state index contributed by atoms with van der Waals surface area (Å²) in [5.41, 5.74) is 0. The summed E-state index contributed by atoms with van der Waals surface area (Å²) in [5.74, 6) is 0. The average molecular weight is 312 g/mol. The zero-order chi connectivity index (χ0) is 16.2. The van der Waals surface area contributed by atoms with Crippen molar-refractivity contribution in [1.82, 2.24) is 0 Å². The number of hydrogen-bond acceptors (Lipinski definition) is 10. The largest absolute Gasteiger partial charge is 0.394 e. The Morgan fingerprint density at radius 1 is 1.10 bits per heavy atom. The molecule has 1 aliphatic rings. The summed E-state index contributed by atoms with van der Waals surface area (Å²) in [6.07, 6.45) is -12.9. The lowest BCUT2D eigenvalue weighted by atomic mass is 9.99. The maximum Gasteiger partial charge on any atom is 0.187 e. The van der Waals surface area contributed by atoms with Crippen LogP contribution in [0.5, 0.6) is 0 Å². The van der Waals surface area contributed by atoms with Gasteiger partial charge in [-0.3, -0.25) is 0 Å². The minimum Gasteiger partial charge on any atom is -0.394 e. The van der Waals surface area contributed by atoms with Crippen LogP contribution in [-0.2, 0) is 14.3 Å². The fraction of sp³-hybridized carbons (Fsp3) is 0.909. The van der Waals surface area contributed by atoms with Gasteiger partial charge in [-0.25, -0.2) is 0 Å². The van der Waals surface area contributed by atoms with Crippen molar-refractivity contribution >= 4 is 6.29 Å². The van der Waals surface area contributed by atoms with Crippen molar-refractivity contribution in [2.45, 2.75) is 49.0 Å². The van der Waals surface area contributed by atoms with E-state index in [4.69, 9.17) is 19.7 Å². The van der Waals surface area contributed by atoms with Crippen LogP contribution in [-0.4, -0.2) is 104 Å². The van der Waals surface area contributed by atoms with Crippen LogP contribution in [0.2, 0.25) is 0 Å². The molecule has 1 rings (SSSR count). The molecule has 1 fully saturated rings. The molecule has 0 aliphatic carbocycles. The molecule has 0 aromatic rings. The number of rotatable bonds is 7. The Bertz CT molecular complexity index is 324. The molecule has 0 spiro atoms. The Kier molecular flexibility index (Phi) is 7.06. The Labute approximate surface area is 119 Å². The smallest absolute Gasteiger partial charge is 0.187 e. The number of ether oxygens (including phenoxy) is 2. The van der Waals surface area contributed by atoms with E-state index >= 15 is 0 Å². The molecule has 124 valence electrons. The van der Waals surface area contributed by atoms with Crippen LogP contribution in [0.4, 0.5) is 0 Å². The Morgan fingerprint density at radius 2 is 1.71 bits per heavy atom. The van der Waals surface area contributed by atoms with E-state index in [0.29, 0.717) is 0 Å². The summed E-state index contributed by atoms with van der Waals surface area (Å²) >= 11 is 0. The molecule has 0 bridgehead atoms. The van der Waals surface area contributed by atoms with E-state index in [1.54, 1.807) is 0 Å². The summed E-state index contributed by atoms with van der Waals surface area (Å²) in [5, 5.41) is 65.3. The molecule has 0 saturated carbocycles. The zero-order valence-electron chi connectivity index (χ0n) is 11.0. The van der Waals surface area contributed by atoms with Gasteiger partial charge < -0.3 is 50.0 Å². The van der Waals surface area contributed by atoms with E-state index in [9.17, 15) is 30.3 Å². The number of aliphatic hydroxyl groups is 7. The first-order valence-corrected chi connectivity index (χ1v) is 6.25. The van der Waals surface area contributed by atoms with Gasteiger partial charge in [0.15, 0.2) is 12.6 Å². The maximum atomic E-state index is 10.9. The van der Waals surface area contributed by atoms with Gasteiger partial charge >= 0.3 is 0 Å². The molecule has 7 N–H and O–H groups in total. The third kappa shape index (κ3) is 4.16. The fourth-order valence-electron chi connectivity index (χ4n) is 1.85. The number of aldehydes is 1. The topological polar surface area (TPSA) is 177 Å². The second-order valence-corrected chi connectivity index (χ2v) is 4.67. The van der Waals surface area contributed by atoms with Crippen molar-refractivity contribution in [1.29, 1.82) is 0 Å². The number of aliphatic hydroxyl groups excluding tert-OH is 7. The van der Waals surface area contributed by atoms with Crippen LogP contribution in [0, 0.1) is 0 Å². The summed E-state index contributed by atoms with van der Waals surface area (Å²) in [6.45, 7) is -1.51. The van der Waals surface area contributed by atoms with E-state index in [-0.39, 0.29) is 6.29 Å². The molecule has 0 aromatic heterocycles. The molecule has 21 heavy (non-hydrogen) atoms. The molecule has 8 atom stereocenters. The Hall–Kier alpha value is -0.690. The summed E-state index contributed by atoms with van der Waals surface area (Å²) < 4.78 is 9.92. The SMILES string of the molecule is O=C[C@@H](O[C@@H]1O[C@H](CO)[C@H](O)[C@H](O)[C@H]1O)[C@H](O)[C@H](O)CO.